The normalized spacial score (nSPS) is 20.3. The van der Waals surface area contributed by atoms with Crippen LogP contribution in [0.5, 0.6) is 11.6 Å². The number of rotatable bonds is 11. The molecule has 2 atom stereocenters. The number of piperidine rings is 1. The monoisotopic (exact) mass is 547 g/mol. The van der Waals surface area contributed by atoms with Crippen molar-refractivity contribution in [2.45, 2.75) is 56.7 Å². The number of carbonyl (C=O) groups is 1. The first-order valence-electron chi connectivity index (χ1n) is 13.8. The number of methoxy groups -OCH3 is 1. The first-order valence-corrected chi connectivity index (χ1v) is 13.8. The number of nitrogens with zero attached hydrogens (tertiary/aromatic N) is 3. The Kier molecular flexibility index (Phi) is 8.21. The van der Waals surface area contributed by atoms with E-state index in [9.17, 15) is 23.1 Å². The van der Waals surface area contributed by atoms with Gasteiger partial charge in [0.15, 0.2) is 0 Å². The summed E-state index contributed by atoms with van der Waals surface area (Å²) in [7, 11) is 1.52. The molecule has 0 bridgehead atoms. The zero-order valence-electron chi connectivity index (χ0n) is 22.2. The molecule has 10 heteroatoms. The second-order valence-corrected chi connectivity index (χ2v) is 11.0. The van der Waals surface area contributed by atoms with E-state index in [2.05, 4.69) is 4.98 Å². The number of aromatic nitrogens is 1. The lowest BCUT2D eigenvalue weighted by Crippen LogP contribution is -2.47. The van der Waals surface area contributed by atoms with Crippen molar-refractivity contribution in [3.63, 3.8) is 0 Å². The first kappa shape index (κ1) is 27.6. The van der Waals surface area contributed by atoms with Crippen molar-refractivity contribution < 1.29 is 32.5 Å². The average Bonchev–Trinajstić information content (AvgIpc) is 3.73. The Morgan fingerprint density at radius 2 is 1.85 bits per heavy atom. The van der Waals surface area contributed by atoms with Crippen LogP contribution in [0, 0.1) is 11.8 Å². The molecular weight excluding hydrogens is 511 g/mol. The minimum absolute atomic E-state index is 0.0232. The number of benzene rings is 1. The lowest BCUT2D eigenvalue weighted by Gasteiger charge is -2.42. The van der Waals surface area contributed by atoms with Crippen molar-refractivity contribution in [3.8, 4) is 11.6 Å². The van der Waals surface area contributed by atoms with E-state index >= 15 is 0 Å². The molecule has 2 saturated heterocycles. The van der Waals surface area contributed by atoms with Crippen molar-refractivity contribution in [1.29, 1.82) is 0 Å². The van der Waals surface area contributed by atoms with Gasteiger partial charge in [-0.1, -0.05) is 6.07 Å². The van der Waals surface area contributed by atoms with Gasteiger partial charge < -0.3 is 19.5 Å². The Morgan fingerprint density at radius 3 is 2.44 bits per heavy atom. The molecule has 3 fully saturated rings. The van der Waals surface area contributed by atoms with Gasteiger partial charge in [0, 0.05) is 55.8 Å². The highest BCUT2D eigenvalue weighted by molar-refractivity contribution is 5.68. The number of hydrogen-bond donors (Lipinski definition) is 1. The molecule has 212 valence electrons. The van der Waals surface area contributed by atoms with Crippen LogP contribution in [-0.2, 0) is 4.79 Å². The van der Waals surface area contributed by atoms with Crippen molar-refractivity contribution in [1.82, 2.24) is 9.88 Å². The number of likely N-dealkylation sites (tertiary alicyclic amines) is 1. The Hall–Kier alpha value is -3.01. The number of carboxylic acids is 1. The summed E-state index contributed by atoms with van der Waals surface area (Å²) >= 11 is 0. The van der Waals surface area contributed by atoms with Crippen LogP contribution >= 0.6 is 0 Å². The SMILES string of the molecule is COc1ccc(C(N2CCC2)C(F)(F)F)c(N2CCC(COc3cc(C(CC(=O)O)C4CC4)ccn3)CC2)c1. The Bertz CT molecular complexity index is 1140. The van der Waals surface area contributed by atoms with E-state index in [1.807, 2.05) is 17.0 Å². The van der Waals surface area contributed by atoms with Crippen LogP contribution in [0.4, 0.5) is 18.9 Å². The Balaban J connectivity index is 1.23. The number of anilines is 1. The summed E-state index contributed by atoms with van der Waals surface area (Å²) in [6, 6.07) is 7.02. The fraction of sp³-hybridized carbons (Fsp3) is 0.586. The van der Waals surface area contributed by atoms with Crippen LogP contribution in [0.25, 0.3) is 0 Å². The summed E-state index contributed by atoms with van der Waals surface area (Å²) in [6.07, 6.45) is 1.84. The van der Waals surface area contributed by atoms with Crippen molar-refractivity contribution >= 4 is 11.7 Å². The van der Waals surface area contributed by atoms with Gasteiger partial charge in [-0.25, -0.2) is 4.98 Å². The molecule has 0 spiro atoms. The molecular formula is C29H36F3N3O4. The topological polar surface area (TPSA) is 75.1 Å². The summed E-state index contributed by atoms with van der Waals surface area (Å²) in [5, 5.41) is 9.31. The fourth-order valence-corrected chi connectivity index (χ4v) is 5.86. The number of halogens is 3. The fourth-order valence-electron chi connectivity index (χ4n) is 5.86. The van der Waals surface area contributed by atoms with Gasteiger partial charge in [-0.2, -0.15) is 13.2 Å². The van der Waals surface area contributed by atoms with Gasteiger partial charge >= 0.3 is 12.1 Å². The molecule has 1 aromatic carbocycles. The van der Waals surface area contributed by atoms with Crippen LogP contribution < -0.4 is 14.4 Å². The molecule has 1 aliphatic carbocycles. The van der Waals surface area contributed by atoms with Gasteiger partial charge in [0.05, 0.1) is 20.1 Å². The van der Waals surface area contributed by atoms with E-state index in [1.54, 1.807) is 24.4 Å². The standard InChI is InChI=1S/C29H36F3N3O4/c1-38-22-5-6-23(28(29(30,31)32)35-11-2-12-35)25(16-22)34-13-8-19(9-14-34)18-39-26-15-21(7-10-33-26)24(17-27(36)37)20-3-4-20/h5-7,10,15-16,19-20,24,28H,2-4,8-9,11-14,17-18H2,1H3,(H,36,37). The second kappa shape index (κ2) is 11.6. The van der Waals surface area contributed by atoms with E-state index in [4.69, 9.17) is 9.47 Å². The van der Waals surface area contributed by atoms with Crippen LogP contribution in [0.3, 0.4) is 0 Å². The summed E-state index contributed by atoms with van der Waals surface area (Å²) in [4.78, 5) is 19.2. The smallest absolute Gasteiger partial charge is 0.408 e. The predicted octanol–water partition coefficient (Wildman–Crippen LogP) is 5.66. The summed E-state index contributed by atoms with van der Waals surface area (Å²) in [5.41, 5.74) is 1.82. The van der Waals surface area contributed by atoms with E-state index in [-0.39, 0.29) is 23.8 Å². The highest BCUT2D eigenvalue weighted by atomic mass is 19.4. The molecule has 3 aliphatic rings. The molecule has 0 amide bonds. The van der Waals surface area contributed by atoms with Gasteiger partial charge in [0.25, 0.3) is 0 Å². The first-order chi connectivity index (χ1) is 18.7. The molecule has 1 saturated carbocycles. The van der Waals surface area contributed by atoms with Crippen molar-refractivity contribution in [3.05, 3.63) is 47.7 Å². The lowest BCUT2D eigenvalue weighted by atomic mass is 9.92. The number of pyridine rings is 1. The minimum Gasteiger partial charge on any atom is -0.497 e. The molecule has 39 heavy (non-hydrogen) atoms. The van der Waals surface area contributed by atoms with Crippen molar-refractivity contribution in [2.24, 2.45) is 11.8 Å². The van der Waals surface area contributed by atoms with Gasteiger partial charge in [0.2, 0.25) is 5.88 Å². The molecule has 2 aromatic rings. The van der Waals surface area contributed by atoms with Gasteiger partial charge in [-0.15, -0.1) is 0 Å². The summed E-state index contributed by atoms with van der Waals surface area (Å²) < 4.78 is 53.9. The van der Waals surface area contributed by atoms with Gasteiger partial charge in [0.1, 0.15) is 11.8 Å². The Labute approximate surface area is 226 Å². The van der Waals surface area contributed by atoms with Crippen LogP contribution in [0.1, 0.15) is 61.6 Å². The number of alkyl halides is 3. The highest BCUT2D eigenvalue weighted by Gasteiger charge is 2.47. The number of aliphatic carboxylic acids is 1. The summed E-state index contributed by atoms with van der Waals surface area (Å²) in [6.45, 7) is 2.59. The second-order valence-electron chi connectivity index (χ2n) is 11.0. The van der Waals surface area contributed by atoms with Gasteiger partial charge in [-0.05, 0) is 67.6 Å². The van der Waals surface area contributed by atoms with E-state index in [0.717, 1.165) is 37.7 Å². The summed E-state index contributed by atoms with van der Waals surface area (Å²) in [5.74, 6) is 0.854. The van der Waals surface area contributed by atoms with Crippen molar-refractivity contribution in [2.75, 3.05) is 44.8 Å². The molecule has 3 heterocycles. The van der Waals surface area contributed by atoms with E-state index in [0.29, 0.717) is 56.0 Å². The van der Waals surface area contributed by atoms with E-state index in [1.165, 1.54) is 12.0 Å². The number of ether oxygens (including phenoxy) is 2. The predicted molar refractivity (Wildman–Crippen MR) is 140 cm³/mol. The quantitative estimate of drug-likeness (QED) is 0.389. The van der Waals surface area contributed by atoms with Gasteiger partial charge in [-0.3, -0.25) is 9.69 Å². The molecule has 2 aliphatic heterocycles. The molecule has 1 aromatic heterocycles. The molecule has 5 rings (SSSR count). The average molecular weight is 548 g/mol. The maximum Gasteiger partial charge on any atom is 0.408 e. The molecule has 0 radical (unpaired) electrons. The van der Waals surface area contributed by atoms with Crippen LogP contribution in [0.15, 0.2) is 36.5 Å². The van der Waals surface area contributed by atoms with E-state index < -0.39 is 18.2 Å². The maximum absolute atomic E-state index is 14.2. The molecule has 1 N–H and O–H groups in total. The third-order valence-corrected chi connectivity index (χ3v) is 8.29. The highest BCUT2D eigenvalue weighted by Crippen LogP contribution is 2.46. The third-order valence-electron chi connectivity index (χ3n) is 8.29. The molecule has 2 unspecified atom stereocenters. The number of hydrogen-bond acceptors (Lipinski definition) is 6. The molecule has 7 nitrogen and oxygen atoms in total. The Morgan fingerprint density at radius 1 is 1.10 bits per heavy atom. The number of carboxylic acid groups (broad SMARTS) is 1. The van der Waals surface area contributed by atoms with Crippen LogP contribution in [0.2, 0.25) is 0 Å². The zero-order chi connectivity index (χ0) is 27.6. The zero-order valence-corrected chi connectivity index (χ0v) is 22.2. The largest absolute Gasteiger partial charge is 0.497 e. The maximum atomic E-state index is 14.2. The van der Waals surface area contributed by atoms with Crippen LogP contribution in [-0.4, -0.2) is 67.0 Å². The third kappa shape index (κ3) is 6.59. The minimum atomic E-state index is -4.36. The lowest BCUT2D eigenvalue weighted by molar-refractivity contribution is -0.195.